The smallest absolute Gasteiger partial charge is 0.237 e. The van der Waals surface area contributed by atoms with E-state index < -0.39 is 6.10 Å². The van der Waals surface area contributed by atoms with Gasteiger partial charge in [0.1, 0.15) is 5.25 Å². The first-order valence-electron chi connectivity index (χ1n) is 7.31. The van der Waals surface area contributed by atoms with E-state index in [0.717, 1.165) is 25.0 Å². The summed E-state index contributed by atoms with van der Waals surface area (Å²) in [5, 5.41) is 15.0. The number of carbonyl (C=O) groups excluding carboxylic acids is 1. The van der Waals surface area contributed by atoms with Gasteiger partial charge < -0.3 is 10.4 Å². The minimum absolute atomic E-state index is 0.0411. The Morgan fingerprint density at radius 3 is 2.95 bits per heavy atom. The molecule has 2 atom stereocenters. The van der Waals surface area contributed by atoms with E-state index >= 15 is 0 Å². The summed E-state index contributed by atoms with van der Waals surface area (Å²) in [7, 11) is 0. The highest BCUT2D eigenvalue weighted by atomic mass is 32.2. The van der Waals surface area contributed by atoms with Crippen molar-refractivity contribution in [2.75, 3.05) is 12.3 Å². The summed E-state index contributed by atoms with van der Waals surface area (Å²) < 4.78 is 0. The third-order valence-electron chi connectivity index (χ3n) is 3.99. The first-order valence-corrected chi connectivity index (χ1v) is 9.23. The first-order chi connectivity index (χ1) is 9.67. The molecule has 0 spiro atoms. The normalized spacial score (nSPS) is 19.7. The lowest BCUT2D eigenvalue weighted by Crippen LogP contribution is -2.38. The van der Waals surface area contributed by atoms with Crippen molar-refractivity contribution >= 4 is 29.0 Å². The highest BCUT2D eigenvalue weighted by Gasteiger charge is 2.28. The molecule has 20 heavy (non-hydrogen) atoms. The fourth-order valence-electron chi connectivity index (χ4n) is 2.66. The molecule has 0 fully saturated rings. The van der Waals surface area contributed by atoms with Crippen LogP contribution in [0.2, 0.25) is 0 Å². The number of aryl methyl sites for hydroxylation is 1. The van der Waals surface area contributed by atoms with Gasteiger partial charge in [0.2, 0.25) is 5.91 Å². The fourth-order valence-corrected chi connectivity index (χ4v) is 4.98. The summed E-state index contributed by atoms with van der Waals surface area (Å²) in [4.78, 5) is 13.7. The van der Waals surface area contributed by atoms with Crippen LogP contribution in [0.15, 0.2) is 11.4 Å². The highest BCUT2D eigenvalue weighted by Crippen LogP contribution is 2.39. The lowest BCUT2D eigenvalue weighted by molar-refractivity contribution is -0.121. The van der Waals surface area contributed by atoms with Crippen molar-refractivity contribution in [2.45, 2.75) is 44.5 Å². The maximum absolute atomic E-state index is 12.3. The highest BCUT2D eigenvalue weighted by molar-refractivity contribution is 8.00. The monoisotopic (exact) mass is 313 g/mol. The van der Waals surface area contributed by atoms with Gasteiger partial charge in [-0.05, 0) is 35.1 Å². The summed E-state index contributed by atoms with van der Waals surface area (Å²) in [6.45, 7) is 4.52. The first kappa shape index (κ1) is 15.9. The zero-order valence-corrected chi connectivity index (χ0v) is 13.7. The van der Waals surface area contributed by atoms with Crippen molar-refractivity contribution in [1.82, 2.24) is 5.32 Å². The Balaban J connectivity index is 1.90. The van der Waals surface area contributed by atoms with Crippen molar-refractivity contribution in [3.05, 3.63) is 21.9 Å². The lowest BCUT2D eigenvalue weighted by Gasteiger charge is -2.24. The Morgan fingerprint density at radius 2 is 2.25 bits per heavy atom. The maximum Gasteiger partial charge on any atom is 0.237 e. The van der Waals surface area contributed by atoms with Crippen LogP contribution in [-0.2, 0) is 11.2 Å². The molecule has 0 aromatic carbocycles. The van der Waals surface area contributed by atoms with Crippen LogP contribution >= 0.6 is 23.1 Å². The van der Waals surface area contributed by atoms with Gasteiger partial charge in [0.05, 0.1) is 6.10 Å². The van der Waals surface area contributed by atoms with Crippen LogP contribution in [-0.4, -0.2) is 29.4 Å². The largest absolute Gasteiger partial charge is 0.391 e. The standard InChI is InChI=1S/C15H23NO2S2/c1-3-10(4-2)12(17)9-16-15(18)14-11-5-7-19-13(11)6-8-20-14/h5,7,10,12,14,17H,3-4,6,8-9H2,1-2H3,(H,16,18). The molecular formula is C15H23NO2S2. The summed E-state index contributed by atoms with van der Waals surface area (Å²) >= 11 is 3.44. The molecule has 1 aliphatic rings. The molecule has 2 heterocycles. The average Bonchev–Trinajstić information content (AvgIpc) is 2.94. The van der Waals surface area contributed by atoms with Gasteiger partial charge in [-0.1, -0.05) is 26.7 Å². The van der Waals surface area contributed by atoms with Gasteiger partial charge in [0, 0.05) is 11.4 Å². The van der Waals surface area contributed by atoms with Crippen molar-refractivity contribution < 1.29 is 9.90 Å². The van der Waals surface area contributed by atoms with Gasteiger partial charge in [0.15, 0.2) is 0 Å². The number of hydrogen-bond donors (Lipinski definition) is 2. The van der Waals surface area contributed by atoms with Crippen LogP contribution in [0.5, 0.6) is 0 Å². The zero-order valence-electron chi connectivity index (χ0n) is 12.1. The van der Waals surface area contributed by atoms with E-state index in [0.29, 0.717) is 6.54 Å². The van der Waals surface area contributed by atoms with Crippen LogP contribution in [0.25, 0.3) is 0 Å². The molecule has 0 radical (unpaired) electrons. The van der Waals surface area contributed by atoms with E-state index in [9.17, 15) is 9.90 Å². The second-order valence-corrected chi connectivity index (χ2v) is 7.40. The average molecular weight is 313 g/mol. The van der Waals surface area contributed by atoms with Crippen molar-refractivity contribution in [3.63, 3.8) is 0 Å². The van der Waals surface area contributed by atoms with Crippen molar-refractivity contribution in [3.8, 4) is 0 Å². The Bertz CT molecular complexity index is 443. The summed E-state index contributed by atoms with van der Waals surface area (Å²) in [6, 6.07) is 2.06. The summed E-state index contributed by atoms with van der Waals surface area (Å²) in [5.41, 5.74) is 1.17. The van der Waals surface area contributed by atoms with Gasteiger partial charge >= 0.3 is 0 Å². The molecule has 0 saturated carbocycles. The molecular weight excluding hydrogens is 290 g/mol. The van der Waals surface area contributed by atoms with Gasteiger partial charge in [-0.15, -0.1) is 23.1 Å². The van der Waals surface area contributed by atoms with E-state index in [-0.39, 0.29) is 17.1 Å². The summed E-state index contributed by atoms with van der Waals surface area (Å²) in [5.74, 6) is 1.31. The molecule has 5 heteroatoms. The number of rotatable bonds is 6. The summed E-state index contributed by atoms with van der Waals surface area (Å²) in [6.07, 6.45) is 2.52. The number of aliphatic hydroxyl groups is 1. The van der Waals surface area contributed by atoms with Crippen LogP contribution in [0.4, 0.5) is 0 Å². The molecule has 2 rings (SSSR count). The van der Waals surface area contributed by atoms with E-state index in [4.69, 9.17) is 0 Å². The minimum Gasteiger partial charge on any atom is -0.391 e. The Morgan fingerprint density at radius 1 is 1.50 bits per heavy atom. The van der Waals surface area contributed by atoms with Gasteiger partial charge in [0.25, 0.3) is 0 Å². The van der Waals surface area contributed by atoms with Gasteiger partial charge in [-0.25, -0.2) is 0 Å². The van der Waals surface area contributed by atoms with E-state index in [2.05, 4.69) is 30.6 Å². The van der Waals surface area contributed by atoms with Crippen molar-refractivity contribution in [1.29, 1.82) is 0 Å². The van der Waals surface area contributed by atoms with Crippen molar-refractivity contribution in [2.24, 2.45) is 5.92 Å². The topological polar surface area (TPSA) is 49.3 Å². The predicted octanol–water partition coefficient (Wildman–Crippen LogP) is 2.99. The number of thioether (sulfide) groups is 1. The second kappa shape index (κ2) is 7.48. The number of fused-ring (bicyclic) bond motifs is 1. The van der Waals surface area contributed by atoms with Gasteiger partial charge in [-0.3, -0.25) is 4.79 Å². The number of carbonyl (C=O) groups is 1. The molecule has 1 aromatic heterocycles. The lowest BCUT2D eigenvalue weighted by atomic mass is 9.96. The SMILES string of the molecule is CCC(CC)C(O)CNC(=O)C1SCCc2sccc21. The molecule has 1 aliphatic heterocycles. The van der Waals surface area contributed by atoms with Crippen LogP contribution in [0, 0.1) is 5.92 Å². The third-order valence-corrected chi connectivity index (χ3v) is 6.23. The van der Waals surface area contributed by atoms with E-state index in [1.807, 2.05) is 0 Å². The fraction of sp³-hybridized carbons (Fsp3) is 0.667. The molecule has 0 bridgehead atoms. The number of amides is 1. The quantitative estimate of drug-likeness (QED) is 0.849. The minimum atomic E-state index is -0.440. The molecule has 2 unspecified atom stereocenters. The Kier molecular flexibility index (Phi) is 5.93. The van der Waals surface area contributed by atoms with E-state index in [1.54, 1.807) is 23.1 Å². The third kappa shape index (κ3) is 3.57. The molecule has 2 N–H and O–H groups in total. The van der Waals surface area contributed by atoms with E-state index in [1.165, 1.54) is 10.4 Å². The van der Waals surface area contributed by atoms with Gasteiger partial charge in [-0.2, -0.15) is 0 Å². The maximum atomic E-state index is 12.3. The number of aliphatic hydroxyl groups excluding tert-OH is 1. The zero-order chi connectivity index (χ0) is 14.5. The molecule has 0 saturated heterocycles. The molecule has 112 valence electrons. The molecule has 1 aromatic rings. The van der Waals surface area contributed by atoms with Crippen LogP contribution < -0.4 is 5.32 Å². The Hall–Kier alpha value is -0.520. The molecule has 1 amide bonds. The predicted molar refractivity (Wildman–Crippen MR) is 86.3 cm³/mol. The molecule has 0 aliphatic carbocycles. The van der Waals surface area contributed by atoms with Crippen LogP contribution in [0.3, 0.4) is 0 Å². The second-order valence-electron chi connectivity index (χ2n) is 5.19. The Labute approximate surface area is 129 Å². The number of thiophene rings is 1. The number of hydrogen-bond acceptors (Lipinski definition) is 4. The van der Waals surface area contributed by atoms with Crippen LogP contribution in [0.1, 0.15) is 42.4 Å². The molecule has 3 nitrogen and oxygen atoms in total. The number of nitrogens with one attached hydrogen (secondary N) is 1.